The normalized spacial score (nSPS) is 17.1. The molecule has 7 nitrogen and oxygen atoms in total. The molecule has 0 aromatic rings. The fourth-order valence-corrected chi connectivity index (χ4v) is 1.39. The van der Waals surface area contributed by atoms with Gasteiger partial charge in [0.25, 0.3) is 6.01 Å². The molecular formula is C7H2F12O7S2. The first-order valence-corrected chi connectivity index (χ1v) is 8.12. The molecule has 0 saturated carbocycles. The molecule has 0 aromatic carbocycles. The molecule has 1 atom stereocenters. The second-order valence-electron chi connectivity index (χ2n) is 4.09. The number of hydrogen-bond donors (Lipinski definition) is 0. The van der Waals surface area contributed by atoms with E-state index in [2.05, 4.69) is 4.74 Å². The minimum atomic E-state index is -7.73. The minimum absolute atomic E-state index is 1.59. The quantitative estimate of drug-likeness (QED) is 0.264. The lowest BCUT2D eigenvalue weighted by atomic mass is 10.2. The molecule has 0 saturated heterocycles. The molecule has 0 radical (unpaired) electrons. The lowest BCUT2D eigenvalue weighted by Gasteiger charge is -2.37. The molecule has 1 unspecified atom stereocenters. The predicted molar refractivity (Wildman–Crippen MR) is 57.2 cm³/mol. The summed E-state index contributed by atoms with van der Waals surface area (Å²) in [7, 11) is -15.4. The van der Waals surface area contributed by atoms with Gasteiger partial charge in [0.2, 0.25) is 0 Å². The van der Waals surface area contributed by atoms with Gasteiger partial charge in [-0.15, -0.1) is 0 Å². The molecule has 0 spiro atoms. The van der Waals surface area contributed by atoms with E-state index < -0.39 is 55.4 Å². The Labute approximate surface area is 145 Å². The van der Waals surface area contributed by atoms with E-state index in [-0.39, 0.29) is 0 Å². The third kappa shape index (κ3) is 5.11. The number of hydrogen-bond acceptors (Lipinski definition) is 7. The molecule has 0 bridgehead atoms. The van der Waals surface area contributed by atoms with Crippen molar-refractivity contribution in [2.24, 2.45) is 0 Å². The van der Waals surface area contributed by atoms with Crippen molar-refractivity contribution in [2.45, 2.75) is 29.0 Å². The van der Waals surface area contributed by atoms with Gasteiger partial charge in [-0.3, -0.25) is 4.74 Å². The Kier molecular flexibility index (Phi) is 6.72. The Morgan fingerprint density at radius 3 is 1.29 bits per heavy atom. The first-order chi connectivity index (χ1) is 11.8. The summed E-state index contributed by atoms with van der Waals surface area (Å²) < 4.78 is 200. The average Bonchev–Trinajstić information content (AvgIpc) is 2.31. The van der Waals surface area contributed by atoms with Crippen molar-refractivity contribution in [3.05, 3.63) is 12.6 Å². The van der Waals surface area contributed by atoms with Crippen molar-refractivity contribution in [1.29, 1.82) is 0 Å². The zero-order valence-corrected chi connectivity index (χ0v) is 13.5. The predicted octanol–water partition coefficient (Wildman–Crippen LogP) is 3.03. The van der Waals surface area contributed by atoms with Crippen LogP contribution in [0.3, 0.4) is 0 Å². The van der Waals surface area contributed by atoms with E-state index in [1.807, 2.05) is 0 Å². The van der Waals surface area contributed by atoms with E-state index in [1.165, 1.54) is 0 Å². The van der Waals surface area contributed by atoms with Crippen LogP contribution in [0, 0.1) is 0 Å². The topological polar surface area (TPSA) is 96.0 Å². The Hall–Kier alpha value is -1.48. The summed E-state index contributed by atoms with van der Waals surface area (Å²) in [5.41, 5.74) is -14.0. The molecular weight excluding hydrogens is 488 g/mol. The number of rotatable bonds is 10. The van der Waals surface area contributed by atoms with Crippen molar-refractivity contribution in [2.75, 3.05) is 0 Å². The van der Waals surface area contributed by atoms with Gasteiger partial charge in [0.05, 0.1) is 0 Å². The molecule has 0 aromatic heterocycles. The van der Waals surface area contributed by atoms with E-state index in [0.29, 0.717) is 0 Å². The maximum absolute atomic E-state index is 13.9. The second kappa shape index (κ2) is 7.09. The van der Waals surface area contributed by atoms with Crippen molar-refractivity contribution in [3.63, 3.8) is 0 Å². The SMILES string of the molecule is C=C(F)OC(F)(F)C(F)(OC(F)(F)S(=O)(=O)F)C(F)(F)OC(F)(F)S(=O)(=O)F. The average molecular weight is 490 g/mol. The highest BCUT2D eigenvalue weighted by atomic mass is 32.3. The molecule has 0 N–H and O–H groups in total. The van der Waals surface area contributed by atoms with Gasteiger partial charge < -0.3 is 4.74 Å². The molecule has 0 aliphatic heterocycles. The van der Waals surface area contributed by atoms with E-state index in [1.54, 1.807) is 16.1 Å². The molecule has 28 heavy (non-hydrogen) atoms. The summed E-state index contributed by atoms with van der Waals surface area (Å²) in [6, 6.07) is -3.03. The van der Waals surface area contributed by atoms with Crippen LogP contribution in [0.4, 0.5) is 51.7 Å². The highest BCUT2D eigenvalue weighted by Gasteiger charge is 2.82. The fourth-order valence-electron chi connectivity index (χ4n) is 0.971. The van der Waals surface area contributed by atoms with Crippen LogP contribution >= 0.6 is 0 Å². The Balaban J connectivity index is 6.66. The Morgan fingerprint density at radius 1 is 0.679 bits per heavy atom. The molecule has 0 aliphatic carbocycles. The van der Waals surface area contributed by atoms with Gasteiger partial charge >= 0.3 is 49.4 Å². The Bertz CT molecular complexity index is 821. The van der Waals surface area contributed by atoms with Gasteiger partial charge in [0.1, 0.15) is 0 Å². The van der Waals surface area contributed by atoms with Gasteiger partial charge in [0, 0.05) is 0 Å². The largest absolute Gasteiger partial charge is 0.497 e. The van der Waals surface area contributed by atoms with Crippen LogP contribution in [0.2, 0.25) is 0 Å². The molecule has 0 rings (SSSR count). The first kappa shape index (κ1) is 26.5. The third-order valence-corrected chi connectivity index (χ3v) is 3.36. The fraction of sp³-hybridized carbons (Fsp3) is 0.714. The van der Waals surface area contributed by atoms with E-state index in [4.69, 9.17) is 0 Å². The summed E-state index contributed by atoms with van der Waals surface area (Å²) in [6.07, 6.45) is -14.5. The molecule has 21 heteroatoms. The maximum Gasteiger partial charge on any atom is 0.497 e. The van der Waals surface area contributed by atoms with Crippen molar-refractivity contribution >= 4 is 20.4 Å². The molecule has 0 fully saturated rings. The van der Waals surface area contributed by atoms with Crippen LogP contribution in [0.5, 0.6) is 0 Å². The number of ether oxygens (including phenoxy) is 3. The van der Waals surface area contributed by atoms with E-state index in [0.717, 1.165) is 0 Å². The second-order valence-corrected chi connectivity index (χ2v) is 6.79. The van der Waals surface area contributed by atoms with Crippen LogP contribution in [0.1, 0.15) is 0 Å². The zero-order valence-electron chi connectivity index (χ0n) is 11.9. The van der Waals surface area contributed by atoms with Crippen molar-refractivity contribution < 1.29 is 82.7 Å². The van der Waals surface area contributed by atoms with E-state index in [9.17, 15) is 68.5 Å². The van der Waals surface area contributed by atoms with Crippen LogP contribution in [0.15, 0.2) is 12.6 Å². The lowest BCUT2D eigenvalue weighted by Crippen LogP contribution is -2.65. The lowest BCUT2D eigenvalue weighted by molar-refractivity contribution is -0.521. The van der Waals surface area contributed by atoms with Gasteiger partial charge in [0.15, 0.2) is 0 Å². The van der Waals surface area contributed by atoms with Gasteiger partial charge in [-0.25, -0.2) is 4.74 Å². The summed E-state index contributed by atoms with van der Waals surface area (Å²) in [5.74, 6) is -7.45. The molecule has 0 heterocycles. The summed E-state index contributed by atoms with van der Waals surface area (Å²) in [4.78, 5) is 0. The zero-order chi connectivity index (χ0) is 23.2. The van der Waals surface area contributed by atoms with Gasteiger partial charge in [-0.05, 0) is 6.58 Å². The van der Waals surface area contributed by atoms with Crippen molar-refractivity contribution in [3.8, 4) is 0 Å². The Morgan fingerprint density at radius 2 is 1.00 bits per heavy atom. The third-order valence-electron chi connectivity index (χ3n) is 2.06. The van der Waals surface area contributed by atoms with E-state index >= 15 is 0 Å². The highest BCUT2D eigenvalue weighted by Crippen LogP contribution is 2.52. The maximum atomic E-state index is 13.9. The minimum Gasteiger partial charge on any atom is -0.402 e. The molecule has 168 valence electrons. The van der Waals surface area contributed by atoms with Gasteiger partial charge in [-0.2, -0.15) is 60.7 Å². The summed E-state index contributed by atoms with van der Waals surface area (Å²) in [6.45, 7) is 1.73. The van der Waals surface area contributed by atoms with Crippen LogP contribution in [-0.4, -0.2) is 45.8 Å². The molecule has 0 amide bonds. The van der Waals surface area contributed by atoms with Crippen LogP contribution < -0.4 is 0 Å². The van der Waals surface area contributed by atoms with Crippen LogP contribution in [0.25, 0.3) is 0 Å². The highest BCUT2D eigenvalue weighted by molar-refractivity contribution is 7.87. The molecule has 0 aliphatic rings. The first-order valence-electron chi connectivity index (χ1n) is 5.35. The van der Waals surface area contributed by atoms with Crippen molar-refractivity contribution in [1.82, 2.24) is 0 Å². The summed E-state index contributed by atoms with van der Waals surface area (Å²) >= 11 is 0. The summed E-state index contributed by atoms with van der Waals surface area (Å²) in [5, 5.41) is 0. The van der Waals surface area contributed by atoms with Gasteiger partial charge in [-0.1, -0.05) is 7.77 Å². The number of halogens is 12. The standard InChI is InChI=1S/C7H2F12O7S2/c1-2(8)24-4(10,11)3(9,25-6(14,15)27(18,20)21)5(12,13)26-7(16,17)28(19,22)23/h1H2. The number of alkyl halides is 9. The monoisotopic (exact) mass is 490 g/mol. The smallest absolute Gasteiger partial charge is 0.402 e. The van der Waals surface area contributed by atoms with Crippen LogP contribution in [-0.2, 0) is 34.7 Å².